The minimum atomic E-state index is -0.409. The SMILES string of the molecule is CCOc1ccc(/C=N/NC(=O)Nc2ccccc2)cc1OCC. The van der Waals surface area contributed by atoms with Gasteiger partial charge in [-0.2, -0.15) is 5.10 Å². The van der Waals surface area contributed by atoms with Gasteiger partial charge < -0.3 is 14.8 Å². The number of hydrogen-bond acceptors (Lipinski definition) is 4. The van der Waals surface area contributed by atoms with Gasteiger partial charge in [0, 0.05) is 5.69 Å². The van der Waals surface area contributed by atoms with Crippen LogP contribution in [0.3, 0.4) is 0 Å². The molecule has 0 atom stereocenters. The Morgan fingerprint density at radius 3 is 2.46 bits per heavy atom. The Bertz CT molecular complexity index is 687. The van der Waals surface area contributed by atoms with Crippen molar-refractivity contribution >= 4 is 17.9 Å². The van der Waals surface area contributed by atoms with Crippen LogP contribution in [0.25, 0.3) is 0 Å². The van der Waals surface area contributed by atoms with Gasteiger partial charge in [0.2, 0.25) is 0 Å². The van der Waals surface area contributed by atoms with Gasteiger partial charge in [-0.05, 0) is 49.7 Å². The smallest absolute Gasteiger partial charge is 0.339 e. The number of anilines is 1. The molecule has 0 aliphatic carbocycles. The van der Waals surface area contributed by atoms with Crippen molar-refractivity contribution < 1.29 is 14.3 Å². The number of hydrazone groups is 1. The molecule has 0 heterocycles. The summed E-state index contributed by atoms with van der Waals surface area (Å²) in [6.07, 6.45) is 1.54. The number of hydrogen-bond donors (Lipinski definition) is 2. The van der Waals surface area contributed by atoms with Gasteiger partial charge in [-0.15, -0.1) is 0 Å². The van der Waals surface area contributed by atoms with E-state index in [9.17, 15) is 4.79 Å². The molecule has 2 amide bonds. The molecule has 2 aromatic carbocycles. The van der Waals surface area contributed by atoms with Gasteiger partial charge in [-0.3, -0.25) is 0 Å². The summed E-state index contributed by atoms with van der Waals surface area (Å²) in [6, 6.07) is 14.2. The minimum Gasteiger partial charge on any atom is -0.490 e. The predicted octanol–water partition coefficient (Wildman–Crippen LogP) is 3.64. The van der Waals surface area contributed by atoms with Crippen LogP contribution in [0.15, 0.2) is 53.6 Å². The van der Waals surface area contributed by atoms with Crippen LogP contribution in [0.2, 0.25) is 0 Å². The second kappa shape index (κ2) is 9.19. The van der Waals surface area contributed by atoms with Crippen molar-refractivity contribution in [2.24, 2.45) is 5.10 Å². The van der Waals surface area contributed by atoms with Gasteiger partial charge >= 0.3 is 6.03 Å². The van der Waals surface area contributed by atoms with Gasteiger partial charge in [0.25, 0.3) is 0 Å². The maximum Gasteiger partial charge on any atom is 0.339 e. The van der Waals surface area contributed by atoms with Crippen LogP contribution in [0.4, 0.5) is 10.5 Å². The first-order valence-electron chi connectivity index (χ1n) is 7.77. The molecule has 126 valence electrons. The number of urea groups is 1. The topological polar surface area (TPSA) is 72.0 Å². The lowest BCUT2D eigenvalue weighted by Gasteiger charge is -2.11. The van der Waals surface area contributed by atoms with E-state index in [2.05, 4.69) is 15.8 Å². The summed E-state index contributed by atoms with van der Waals surface area (Å²) in [6.45, 7) is 4.93. The number of ether oxygens (including phenoxy) is 2. The lowest BCUT2D eigenvalue weighted by Crippen LogP contribution is -2.24. The maximum absolute atomic E-state index is 11.7. The molecule has 0 radical (unpaired) electrons. The van der Waals surface area contributed by atoms with Gasteiger partial charge in [0.05, 0.1) is 19.4 Å². The molecule has 0 saturated heterocycles. The first-order valence-corrected chi connectivity index (χ1v) is 7.77. The Morgan fingerprint density at radius 2 is 1.75 bits per heavy atom. The minimum absolute atomic E-state index is 0.409. The molecule has 0 aliphatic heterocycles. The molecule has 2 rings (SSSR count). The lowest BCUT2D eigenvalue weighted by molar-refractivity contribution is 0.252. The molecular weight excluding hydrogens is 306 g/mol. The van der Waals surface area contributed by atoms with Crippen LogP contribution in [0, 0.1) is 0 Å². The van der Waals surface area contributed by atoms with E-state index in [0.29, 0.717) is 30.4 Å². The lowest BCUT2D eigenvalue weighted by atomic mass is 10.2. The molecule has 24 heavy (non-hydrogen) atoms. The Hall–Kier alpha value is -3.02. The van der Waals surface area contributed by atoms with Crippen LogP contribution >= 0.6 is 0 Å². The zero-order valence-electron chi connectivity index (χ0n) is 13.8. The van der Waals surface area contributed by atoms with E-state index in [1.54, 1.807) is 18.3 Å². The van der Waals surface area contributed by atoms with Gasteiger partial charge in [-0.1, -0.05) is 18.2 Å². The molecule has 6 nitrogen and oxygen atoms in total. The average Bonchev–Trinajstić information content (AvgIpc) is 2.58. The molecule has 0 spiro atoms. The monoisotopic (exact) mass is 327 g/mol. The number of para-hydroxylation sites is 1. The van der Waals surface area contributed by atoms with Crippen molar-refractivity contribution in [3.8, 4) is 11.5 Å². The van der Waals surface area contributed by atoms with Crippen molar-refractivity contribution in [3.05, 3.63) is 54.1 Å². The molecule has 0 aromatic heterocycles. The highest BCUT2D eigenvalue weighted by molar-refractivity contribution is 5.90. The van der Waals surface area contributed by atoms with Crippen molar-refractivity contribution in [2.45, 2.75) is 13.8 Å². The van der Waals surface area contributed by atoms with Gasteiger partial charge in [-0.25, -0.2) is 10.2 Å². The van der Waals surface area contributed by atoms with Gasteiger partial charge in [0.1, 0.15) is 0 Å². The van der Waals surface area contributed by atoms with E-state index in [4.69, 9.17) is 9.47 Å². The normalized spacial score (nSPS) is 10.4. The number of carbonyl (C=O) groups is 1. The van der Waals surface area contributed by atoms with E-state index in [-0.39, 0.29) is 0 Å². The molecular formula is C18H21N3O3. The molecule has 2 aromatic rings. The summed E-state index contributed by atoms with van der Waals surface area (Å²) in [7, 11) is 0. The number of amides is 2. The summed E-state index contributed by atoms with van der Waals surface area (Å²) >= 11 is 0. The third-order valence-electron chi connectivity index (χ3n) is 2.98. The summed E-state index contributed by atoms with van der Waals surface area (Å²) in [5.74, 6) is 1.34. The zero-order valence-corrected chi connectivity index (χ0v) is 13.8. The summed E-state index contributed by atoms with van der Waals surface area (Å²) in [5, 5.41) is 6.61. The zero-order chi connectivity index (χ0) is 17.2. The molecule has 0 bridgehead atoms. The number of benzene rings is 2. The number of rotatable bonds is 7. The summed E-state index contributed by atoms with van der Waals surface area (Å²) in [4.78, 5) is 11.7. The van der Waals surface area contributed by atoms with E-state index in [0.717, 1.165) is 5.56 Å². The predicted molar refractivity (Wildman–Crippen MR) is 95.0 cm³/mol. The highest BCUT2D eigenvalue weighted by atomic mass is 16.5. The Balaban J connectivity index is 1.95. The van der Waals surface area contributed by atoms with Gasteiger partial charge in [0.15, 0.2) is 11.5 Å². The molecule has 0 unspecified atom stereocenters. The Labute approximate surface area is 141 Å². The second-order valence-corrected chi connectivity index (χ2v) is 4.76. The molecule has 2 N–H and O–H groups in total. The van der Waals surface area contributed by atoms with Crippen molar-refractivity contribution in [2.75, 3.05) is 18.5 Å². The molecule has 0 fully saturated rings. The van der Waals surface area contributed by atoms with Crippen LogP contribution < -0.4 is 20.2 Å². The second-order valence-electron chi connectivity index (χ2n) is 4.76. The fourth-order valence-corrected chi connectivity index (χ4v) is 1.99. The quantitative estimate of drug-likeness (QED) is 0.602. The fraction of sp³-hybridized carbons (Fsp3) is 0.222. The number of carbonyl (C=O) groups excluding carboxylic acids is 1. The van der Waals surface area contributed by atoms with Crippen LogP contribution in [0.1, 0.15) is 19.4 Å². The average molecular weight is 327 g/mol. The van der Waals surface area contributed by atoms with E-state index >= 15 is 0 Å². The maximum atomic E-state index is 11.7. The summed E-state index contributed by atoms with van der Waals surface area (Å²) in [5.41, 5.74) is 3.91. The van der Waals surface area contributed by atoms with Crippen molar-refractivity contribution in [1.82, 2.24) is 5.43 Å². The standard InChI is InChI=1S/C18H21N3O3/c1-3-23-16-11-10-14(12-17(16)24-4-2)13-19-21-18(22)20-15-8-6-5-7-9-15/h5-13H,3-4H2,1-2H3,(H2,20,21,22)/b19-13+. The highest BCUT2D eigenvalue weighted by Crippen LogP contribution is 2.27. The Kier molecular flexibility index (Phi) is 6.64. The number of nitrogens with one attached hydrogen (secondary N) is 2. The third kappa shape index (κ3) is 5.31. The molecule has 6 heteroatoms. The summed E-state index contributed by atoms with van der Waals surface area (Å²) < 4.78 is 11.1. The van der Waals surface area contributed by atoms with Crippen molar-refractivity contribution in [3.63, 3.8) is 0 Å². The fourth-order valence-electron chi connectivity index (χ4n) is 1.99. The highest BCUT2D eigenvalue weighted by Gasteiger charge is 2.05. The van der Waals surface area contributed by atoms with Crippen molar-refractivity contribution in [1.29, 1.82) is 0 Å². The third-order valence-corrected chi connectivity index (χ3v) is 2.98. The van der Waals surface area contributed by atoms with E-state index < -0.39 is 6.03 Å². The van der Waals surface area contributed by atoms with Crippen LogP contribution in [0.5, 0.6) is 11.5 Å². The first kappa shape index (κ1) is 17.3. The number of nitrogens with zero attached hydrogens (tertiary/aromatic N) is 1. The largest absolute Gasteiger partial charge is 0.490 e. The molecule has 0 saturated carbocycles. The van der Waals surface area contributed by atoms with E-state index in [1.165, 1.54) is 0 Å². The molecule has 0 aliphatic rings. The Morgan fingerprint density at radius 1 is 1.04 bits per heavy atom. The van der Waals surface area contributed by atoms with E-state index in [1.807, 2.05) is 50.2 Å². The first-order chi connectivity index (χ1) is 11.7. The van der Waals surface area contributed by atoms with Crippen LogP contribution in [-0.2, 0) is 0 Å². The van der Waals surface area contributed by atoms with Crippen LogP contribution in [-0.4, -0.2) is 25.5 Å².